The third-order valence-corrected chi connectivity index (χ3v) is 3.80. The lowest BCUT2D eigenvalue weighted by Crippen LogP contribution is -2.31. The molecule has 136 valence electrons. The Balaban J connectivity index is 1.96. The molecule has 2 heterocycles. The van der Waals surface area contributed by atoms with E-state index in [1.54, 1.807) is 5.32 Å². The van der Waals surface area contributed by atoms with Crippen molar-refractivity contribution in [1.82, 2.24) is 15.6 Å². The molecule has 1 unspecified atom stereocenters. The highest BCUT2D eigenvalue weighted by Gasteiger charge is 2.40. The van der Waals surface area contributed by atoms with Gasteiger partial charge in [-0.3, -0.25) is 14.7 Å². The average molecular weight is 390 g/mol. The van der Waals surface area contributed by atoms with Gasteiger partial charge in [-0.15, -0.1) is 0 Å². The minimum absolute atomic E-state index is 0.0103. The Morgan fingerprint density at radius 3 is 2.69 bits per heavy atom. The molecular formula is C14H8ClF4N5O2. The Kier molecular flexibility index (Phi) is 4.40. The molecule has 0 saturated heterocycles. The molecule has 12 heteroatoms. The lowest BCUT2D eigenvalue weighted by atomic mass is 9.91. The maximum Gasteiger partial charge on any atom is 0.471 e. The molecule has 3 rings (SSSR count). The Morgan fingerprint density at radius 2 is 2.04 bits per heavy atom. The monoisotopic (exact) mass is 389 g/mol. The molecule has 0 saturated carbocycles. The largest absolute Gasteiger partial charge is 0.471 e. The Hall–Kier alpha value is -2.95. The molecule has 1 atom stereocenters. The summed E-state index contributed by atoms with van der Waals surface area (Å²) in [5, 5.41) is 11.0. The number of carbonyl (C=O) groups is 2. The first-order valence-electron chi connectivity index (χ1n) is 6.92. The number of rotatable bonds is 3. The van der Waals surface area contributed by atoms with Crippen molar-refractivity contribution in [3.63, 3.8) is 0 Å². The number of carbonyl (C=O) groups excluding carboxylic acids is 2. The van der Waals surface area contributed by atoms with Crippen LogP contribution in [0.4, 0.5) is 23.4 Å². The van der Waals surface area contributed by atoms with Crippen LogP contribution >= 0.6 is 11.6 Å². The van der Waals surface area contributed by atoms with Gasteiger partial charge in [0.2, 0.25) is 0 Å². The quantitative estimate of drug-likeness (QED) is 0.702. The molecule has 7 nitrogen and oxygen atoms in total. The molecule has 0 fully saturated rings. The van der Waals surface area contributed by atoms with Crippen molar-refractivity contribution in [3.8, 4) is 0 Å². The first-order valence-corrected chi connectivity index (χ1v) is 7.30. The van der Waals surface area contributed by atoms with Gasteiger partial charge in [0.05, 0.1) is 22.5 Å². The van der Waals surface area contributed by atoms with Crippen LogP contribution in [0.25, 0.3) is 0 Å². The standard InChI is InChI=1S/C14H8ClF4N5O2/c15-7-3-5(1-2-8(7)16)9-10(22-24-12(9)25)6-4-20-23-11(6)21-13(26)14(17,18)19/h1-4,9H,(H,24,25)(H2,20,21,23,26). The van der Waals surface area contributed by atoms with Gasteiger partial charge >= 0.3 is 12.1 Å². The molecule has 1 aliphatic heterocycles. The highest BCUT2D eigenvalue weighted by Crippen LogP contribution is 2.31. The van der Waals surface area contributed by atoms with Crippen LogP contribution in [0.5, 0.6) is 0 Å². The number of anilines is 1. The number of hydrogen-bond acceptors (Lipinski definition) is 4. The minimum Gasteiger partial charge on any atom is -0.303 e. The molecule has 3 N–H and O–H groups in total. The van der Waals surface area contributed by atoms with Gasteiger partial charge in [-0.1, -0.05) is 17.7 Å². The maximum absolute atomic E-state index is 13.3. The molecule has 0 radical (unpaired) electrons. The maximum atomic E-state index is 13.3. The van der Waals surface area contributed by atoms with Gasteiger partial charge in [-0.05, 0) is 17.7 Å². The second-order valence-corrected chi connectivity index (χ2v) is 5.60. The van der Waals surface area contributed by atoms with E-state index in [-0.39, 0.29) is 27.7 Å². The van der Waals surface area contributed by atoms with Crippen LogP contribution in [-0.4, -0.2) is 33.9 Å². The second kappa shape index (κ2) is 6.41. The van der Waals surface area contributed by atoms with Gasteiger partial charge in [0, 0.05) is 0 Å². The summed E-state index contributed by atoms with van der Waals surface area (Å²) in [5.41, 5.74) is 2.40. The smallest absolute Gasteiger partial charge is 0.303 e. The number of benzene rings is 1. The number of aromatic amines is 1. The number of halogens is 5. The van der Waals surface area contributed by atoms with E-state index in [0.717, 1.165) is 12.3 Å². The number of nitrogens with one attached hydrogen (secondary N) is 3. The van der Waals surface area contributed by atoms with Crippen molar-refractivity contribution in [1.29, 1.82) is 0 Å². The van der Waals surface area contributed by atoms with E-state index in [1.807, 2.05) is 0 Å². The minimum atomic E-state index is -5.11. The number of hydrogen-bond donors (Lipinski definition) is 3. The normalized spacial score (nSPS) is 17.0. The highest BCUT2D eigenvalue weighted by molar-refractivity contribution is 6.31. The Morgan fingerprint density at radius 1 is 1.31 bits per heavy atom. The summed E-state index contributed by atoms with van der Waals surface area (Å²) in [6, 6.07) is 3.54. The number of hydrazone groups is 1. The summed E-state index contributed by atoms with van der Waals surface area (Å²) in [5.74, 6) is -4.99. The predicted molar refractivity (Wildman–Crippen MR) is 82.1 cm³/mol. The number of alkyl halides is 3. The topological polar surface area (TPSA) is 99.2 Å². The van der Waals surface area contributed by atoms with Crippen LogP contribution < -0.4 is 10.7 Å². The highest BCUT2D eigenvalue weighted by atomic mass is 35.5. The molecule has 1 aromatic carbocycles. The van der Waals surface area contributed by atoms with Crippen molar-refractivity contribution in [3.05, 3.63) is 46.4 Å². The predicted octanol–water partition coefficient (Wildman–Crippen LogP) is 2.32. The van der Waals surface area contributed by atoms with Crippen molar-refractivity contribution >= 4 is 34.9 Å². The van der Waals surface area contributed by atoms with Crippen molar-refractivity contribution in [2.75, 3.05) is 5.32 Å². The Labute approximate surface area is 147 Å². The lowest BCUT2D eigenvalue weighted by molar-refractivity contribution is -0.167. The second-order valence-electron chi connectivity index (χ2n) is 5.19. The summed E-state index contributed by atoms with van der Waals surface area (Å²) in [7, 11) is 0. The van der Waals surface area contributed by atoms with Crippen LogP contribution in [0.15, 0.2) is 29.5 Å². The van der Waals surface area contributed by atoms with Crippen LogP contribution in [0.3, 0.4) is 0 Å². The van der Waals surface area contributed by atoms with E-state index >= 15 is 0 Å². The molecule has 0 aliphatic carbocycles. The van der Waals surface area contributed by atoms with Gasteiger partial charge in [0.15, 0.2) is 0 Å². The third kappa shape index (κ3) is 3.25. The number of aromatic nitrogens is 2. The third-order valence-electron chi connectivity index (χ3n) is 3.51. The fourth-order valence-electron chi connectivity index (χ4n) is 2.35. The molecule has 26 heavy (non-hydrogen) atoms. The van der Waals surface area contributed by atoms with Crippen molar-refractivity contribution < 1.29 is 27.2 Å². The summed E-state index contributed by atoms with van der Waals surface area (Å²) < 4.78 is 50.7. The van der Waals surface area contributed by atoms with Gasteiger partial charge < -0.3 is 5.32 Å². The van der Waals surface area contributed by atoms with E-state index < -0.39 is 29.7 Å². The fraction of sp³-hybridized carbons (Fsp3) is 0.143. The zero-order valence-corrected chi connectivity index (χ0v) is 13.2. The first kappa shape index (κ1) is 17.9. The Bertz CT molecular complexity index is 924. The van der Waals surface area contributed by atoms with E-state index in [4.69, 9.17) is 11.6 Å². The summed E-state index contributed by atoms with van der Waals surface area (Å²) in [4.78, 5) is 23.2. The SMILES string of the molecule is O=C1NN=C(c2cn[nH]c2NC(=O)C(F)(F)F)C1c1ccc(F)c(Cl)c1. The van der Waals surface area contributed by atoms with Crippen LogP contribution in [0.1, 0.15) is 17.0 Å². The molecular weight excluding hydrogens is 382 g/mol. The number of H-pyrrole nitrogens is 1. The van der Waals surface area contributed by atoms with E-state index in [1.165, 1.54) is 12.1 Å². The molecule has 1 aromatic heterocycles. The molecule has 2 aromatic rings. The number of amides is 2. The van der Waals surface area contributed by atoms with Crippen LogP contribution in [-0.2, 0) is 9.59 Å². The van der Waals surface area contributed by atoms with Gasteiger partial charge in [0.1, 0.15) is 17.6 Å². The average Bonchev–Trinajstić information content (AvgIpc) is 3.15. The van der Waals surface area contributed by atoms with E-state index in [2.05, 4.69) is 20.7 Å². The number of nitrogens with zero attached hydrogens (tertiary/aromatic N) is 2. The molecule has 1 aliphatic rings. The van der Waals surface area contributed by atoms with Gasteiger partial charge in [-0.25, -0.2) is 9.82 Å². The zero-order valence-electron chi connectivity index (χ0n) is 12.5. The summed E-state index contributed by atoms with van der Waals surface area (Å²) >= 11 is 5.72. The van der Waals surface area contributed by atoms with Crippen molar-refractivity contribution in [2.45, 2.75) is 12.1 Å². The summed E-state index contributed by atoms with van der Waals surface area (Å²) in [6.07, 6.45) is -4.01. The van der Waals surface area contributed by atoms with Gasteiger partial charge in [0.25, 0.3) is 5.91 Å². The van der Waals surface area contributed by atoms with Crippen LogP contribution in [0, 0.1) is 5.82 Å². The summed E-state index contributed by atoms with van der Waals surface area (Å²) in [6.45, 7) is 0. The van der Waals surface area contributed by atoms with Crippen molar-refractivity contribution in [2.24, 2.45) is 5.10 Å². The molecule has 0 bridgehead atoms. The van der Waals surface area contributed by atoms with E-state index in [0.29, 0.717) is 0 Å². The fourth-order valence-corrected chi connectivity index (χ4v) is 2.53. The lowest BCUT2D eigenvalue weighted by Gasteiger charge is -2.13. The van der Waals surface area contributed by atoms with E-state index in [9.17, 15) is 27.2 Å². The van der Waals surface area contributed by atoms with Gasteiger partial charge in [-0.2, -0.15) is 23.4 Å². The first-order chi connectivity index (χ1) is 12.2. The zero-order chi connectivity index (χ0) is 19.1. The molecule has 0 spiro atoms. The molecule has 2 amide bonds. The van der Waals surface area contributed by atoms with Crippen LogP contribution in [0.2, 0.25) is 5.02 Å².